The third-order valence-electron chi connectivity index (χ3n) is 5.77. The van der Waals surface area contributed by atoms with Gasteiger partial charge in [0.05, 0.1) is 11.5 Å². The molecule has 1 aromatic carbocycles. The molecule has 0 bridgehead atoms. The quantitative estimate of drug-likeness (QED) is 0.729. The molecular weight excluding hydrogens is 308 g/mol. The van der Waals surface area contributed by atoms with E-state index in [4.69, 9.17) is 14.2 Å². The highest BCUT2D eigenvalue weighted by molar-refractivity contribution is 5.96. The molecule has 0 saturated carbocycles. The smallest absolute Gasteiger partial charge is 0.248 e. The Labute approximate surface area is 139 Å². The standard InChI is InChI=1S/C18H18N2O4/c1-20-15-6-11(22-2)3-4-18(15)12-7-14-13(23-9-24-14)5-10(12)8-19-16(18)17(20)21/h3-5,7-8,11,15-16H,6,9H2,1-2H3. The highest BCUT2D eigenvalue weighted by atomic mass is 16.7. The summed E-state index contributed by atoms with van der Waals surface area (Å²) in [7, 11) is 3.56. The van der Waals surface area contributed by atoms with Gasteiger partial charge in [-0.25, -0.2) is 0 Å². The number of methoxy groups -OCH3 is 1. The van der Waals surface area contributed by atoms with E-state index in [1.807, 2.05) is 24.1 Å². The molecular formula is C18H18N2O4. The summed E-state index contributed by atoms with van der Waals surface area (Å²) >= 11 is 0. The Hall–Kier alpha value is -2.34. The normalized spacial score (nSPS) is 35.0. The Kier molecular flexibility index (Phi) is 2.69. The Bertz CT molecular complexity index is 802. The molecule has 0 aromatic heterocycles. The largest absolute Gasteiger partial charge is 0.454 e. The molecule has 1 fully saturated rings. The highest BCUT2D eigenvalue weighted by Gasteiger charge is 2.61. The van der Waals surface area contributed by atoms with Crippen molar-refractivity contribution in [3.05, 3.63) is 35.4 Å². The molecule has 1 aliphatic carbocycles. The van der Waals surface area contributed by atoms with Crippen molar-refractivity contribution in [2.24, 2.45) is 4.99 Å². The predicted octanol–water partition coefficient (Wildman–Crippen LogP) is 1.27. The van der Waals surface area contributed by atoms with Crippen molar-refractivity contribution in [1.82, 2.24) is 4.90 Å². The highest BCUT2D eigenvalue weighted by Crippen LogP contribution is 2.52. The molecule has 4 aliphatic rings. The summed E-state index contributed by atoms with van der Waals surface area (Å²) in [6, 6.07) is 3.57. The summed E-state index contributed by atoms with van der Waals surface area (Å²) in [5, 5.41) is 0. The molecule has 4 unspecified atom stereocenters. The molecule has 3 heterocycles. The van der Waals surface area contributed by atoms with Crippen LogP contribution in [0.2, 0.25) is 0 Å². The number of benzene rings is 1. The minimum Gasteiger partial charge on any atom is -0.454 e. The van der Waals surface area contributed by atoms with Crippen molar-refractivity contribution < 1.29 is 19.0 Å². The van der Waals surface area contributed by atoms with Gasteiger partial charge in [-0.3, -0.25) is 9.79 Å². The van der Waals surface area contributed by atoms with E-state index in [-0.39, 0.29) is 24.8 Å². The Balaban J connectivity index is 1.75. The number of fused-ring (bicyclic) bond motifs is 2. The predicted molar refractivity (Wildman–Crippen MR) is 86.7 cm³/mol. The van der Waals surface area contributed by atoms with Gasteiger partial charge in [0.2, 0.25) is 12.7 Å². The van der Waals surface area contributed by atoms with E-state index in [1.54, 1.807) is 13.3 Å². The summed E-state index contributed by atoms with van der Waals surface area (Å²) in [6.07, 6.45) is 6.74. The number of carbonyl (C=O) groups excluding carboxylic acids is 1. The van der Waals surface area contributed by atoms with Crippen LogP contribution in [-0.2, 0) is 14.9 Å². The zero-order valence-electron chi connectivity index (χ0n) is 13.6. The summed E-state index contributed by atoms with van der Waals surface area (Å²) in [5.74, 6) is 1.53. The lowest BCUT2D eigenvalue weighted by molar-refractivity contribution is -0.128. The van der Waals surface area contributed by atoms with Crippen molar-refractivity contribution in [1.29, 1.82) is 0 Å². The van der Waals surface area contributed by atoms with Gasteiger partial charge in [0.1, 0.15) is 6.04 Å². The molecule has 1 spiro atoms. The lowest BCUT2D eigenvalue weighted by atomic mass is 9.65. The maximum Gasteiger partial charge on any atom is 0.248 e. The Morgan fingerprint density at radius 1 is 1.33 bits per heavy atom. The number of carbonyl (C=O) groups is 1. The van der Waals surface area contributed by atoms with E-state index in [0.29, 0.717) is 0 Å². The van der Waals surface area contributed by atoms with Crippen molar-refractivity contribution in [2.75, 3.05) is 21.0 Å². The fourth-order valence-corrected chi connectivity index (χ4v) is 4.55. The molecule has 0 radical (unpaired) electrons. The fourth-order valence-electron chi connectivity index (χ4n) is 4.55. The van der Waals surface area contributed by atoms with Gasteiger partial charge in [-0.2, -0.15) is 0 Å². The van der Waals surface area contributed by atoms with E-state index in [1.165, 1.54) is 0 Å². The van der Waals surface area contributed by atoms with Crippen molar-refractivity contribution in [3.8, 4) is 11.5 Å². The molecule has 4 atom stereocenters. The second kappa shape index (κ2) is 4.60. The summed E-state index contributed by atoms with van der Waals surface area (Å²) in [5.41, 5.74) is 1.61. The molecule has 3 aliphatic heterocycles. The maximum atomic E-state index is 12.8. The lowest BCUT2D eigenvalue weighted by Gasteiger charge is -2.42. The number of aliphatic imine (C=N–C) groups is 1. The number of likely N-dealkylation sites (N-methyl/N-ethyl adjacent to an activating group) is 1. The third-order valence-corrected chi connectivity index (χ3v) is 5.77. The van der Waals surface area contributed by atoms with Gasteiger partial charge in [-0.15, -0.1) is 0 Å². The van der Waals surface area contributed by atoms with Crippen LogP contribution in [0, 0.1) is 0 Å². The SMILES string of the molecule is COC1C=CC23c4cc5c(cc4C=NC2C(=O)N(C)C3C1)OCO5. The van der Waals surface area contributed by atoms with Gasteiger partial charge in [0.15, 0.2) is 11.5 Å². The Morgan fingerprint density at radius 2 is 2.12 bits per heavy atom. The second-order valence-corrected chi connectivity index (χ2v) is 6.74. The lowest BCUT2D eigenvalue weighted by Crippen LogP contribution is -2.49. The first-order valence-electron chi connectivity index (χ1n) is 8.11. The molecule has 24 heavy (non-hydrogen) atoms. The van der Waals surface area contributed by atoms with Crippen LogP contribution in [-0.4, -0.2) is 56.2 Å². The first kappa shape index (κ1) is 14.0. The van der Waals surface area contributed by atoms with Gasteiger partial charge < -0.3 is 19.1 Å². The minimum atomic E-state index is -0.466. The van der Waals surface area contributed by atoms with E-state index in [0.717, 1.165) is 29.0 Å². The number of amides is 1. The van der Waals surface area contributed by atoms with Gasteiger partial charge in [0, 0.05) is 32.0 Å². The maximum absolute atomic E-state index is 12.8. The van der Waals surface area contributed by atoms with Crippen molar-refractivity contribution >= 4 is 12.1 Å². The van der Waals surface area contributed by atoms with Gasteiger partial charge in [-0.05, 0) is 24.1 Å². The zero-order valence-corrected chi connectivity index (χ0v) is 13.6. The van der Waals surface area contributed by atoms with Crippen molar-refractivity contribution in [2.45, 2.75) is 30.0 Å². The van der Waals surface area contributed by atoms with E-state index in [2.05, 4.69) is 17.1 Å². The van der Waals surface area contributed by atoms with E-state index >= 15 is 0 Å². The summed E-state index contributed by atoms with van der Waals surface area (Å²) < 4.78 is 16.6. The van der Waals surface area contributed by atoms with Crippen LogP contribution in [0.1, 0.15) is 17.5 Å². The van der Waals surface area contributed by atoms with Crippen LogP contribution in [0.15, 0.2) is 29.3 Å². The molecule has 6 heteroatoms. The van der Waals surface area contributed by atoms with Crippen LogP contribution in [0.4, 0.5) is 0 Å². The number of likely N-dealkylation sites (tertiary alicyclic amines) is 1. The van der Waals surface area contributed by atoms with Crippen molar-refractivity contribution in [3.63, 3.8) is 0 Å². The first-order valence-corrected chi connectivity index (χ1v) is 8.11. The fraction of sp³-hybridized carbons (Fsp3) is 0.444. The molecule has 124 valence electrons. The van der Waals surface area contributed by atoms with Crippen LogP contribution in [0.3, 0.4) is 0 Å². The number of ether oxygens (including phenoxy) is 3. The second-order valence-electron chi connectivity index (χ2n) is 6.74. The molecule has 0 N–H and O–H groups in total. The van der Waals surface area contributed by atoms with Crippen LogP contribution in [0.5, 0.6) is 11.5 Å². The summed E-state index contributed by atoms with van der Waals surface area (Å²) in [6.45, 7) is 0.232. The number of nitrogens with zero attached hydrogens (tertiary/aromatic N) is 2. The van der Waals surface area contributed by atoms with Crippen LogP contribution in [0.25, 0.3) is 0 Å². The number of hydrogen-bond acceptors (Lipinski definition) is 5. The van der Waals surface area contributed by atoms with E-state index in [9.17, 15) is 4.79 Å². The average molecular weight is 326 g/mol. The number of rotatable bonds is 1. The molecule has 1 saturated heterocycles. The number of hydrogen-bond donors (Lipinski definition) is 0. The minimum absolute atomic E-state index is 0.0120. The van der Waals surface area contributed by atoms with Crippen LogP contribution < -0.4 is 9.47 Å². The zero-order chi connectivity index (χ0) is 16.5. The first-order chi connectivity index (χ1) is 11.6. The van der Waals surface area contributed by atoms with E-state index < -0.39 is 11.5 Å². The Morgan fingerprint density at radius 3 is 2.92 bits per heavy atom. The molecule has 5 rings (SSSR count). The topological polar surface area (TPSA) is 60.4 Å². The molecule has 6 nitrogen and oxygen atoms in total. The van der Waals surface area contributed by atoms with Gasteiger partial charge in [0.25, 0.3) is 0 Å². The van der Waals surface area contributed by atoms with Crippen LogP contribution >= 0.6 is 0 Å². The van der Waals surface area contributed by atoms with Gasteiger partial charge in [-0.1, -0.05) is 12.2 Å². The van der Waals surface area contributed by atoms with Gasteiger partial charge >= 0.3 is 0 Å². The summed E-state index contributed by atoms with van der Waals surface area (Å²) in [4.78, 5) is 19.3. The average Bonchev–Trinajstić information content (AvgIpc) is 3.14. The third kappa shape index (κ3) is 1.54. The monoisotopic (exact) mass is 326 g/mol. The molecule has 1 aromatic rings. The molecule has 1 amide bonds.